The first-order chi connectivity index (χ1) is 10.4. The molecule has 5 nitrogen and oxygen atoms in total. The summed E-state index contributed by atoms with van der Waals surface area (Å²) in [7, 11) is -3.08. The highest BCUT2D eigenvalue weighted by Crippen LogP contribution is 2.41. The average Bonchev–Trinajstić information content (AvgIpc) is 2.89. The molecule has 1 amide bonds. The number of amidine groups is 1. The number of aliphatic imine (C=N–C) groups is 1. The van der Waals surface area contributed by atoms with Gasteiger partial charge in [0.05, 0.1) is 17.5 Å². The van der Waals surface area contributed by atoms with Gasteiger partial charge in [-0.1, -0.05) is 29.4 Å². The maximum atomic E-state index is 11.9. The van der Waals surface area contributed by atoms with Crippen molar-refractivity contribution in [2.24, 2.45) is 4.99 Å². The number of anilines is 1. The molecular formula is C13H12Cl2N2O3S2. The molecule has 2 atom stereocenters. The summed E-state index contributed by atoms with van der Waals surface area (Å²) in [4.78, 5) is 17.4. The monoisotopic (exact) mass is 378 g/mol. The van der Waals surface area contributed by atoms with Crippen LogP contribution >= 0.6 is 35.0 Å². The molecule has 2 aliphatic rings. The predicted molar refractivity (Wildman–Crippen MR) is 90.9 cm³/mol. The van der Waals surface area contributed by atoms with Gasteiger partial charge in [0.25, 0.3) is 5.91 Å². The Kier molecular flexibility index (Phi) is 4.42. The standard InChI is InChI=1S/C13H12Cl2N2O3S2/c14-5-12(18)16-13-17(9-3-1-2-8(15)4-9)10-6-22(19,20)7-11(10)21-13/h1-4,10-11H,5-7H2/t10-,11+/m1/s1. The van der Waals surface area contributed by atoms with Crippen LogP contribution in [0, 0.1) is 0 Å². The fourth-order valence-electron chi connectivity index (χ4n) is 2.63. The summed E-state index contributed by atoms with van der Waals surface area (Å²) < 4.78 is 23.8. The fourth-order valence-corrected chi connectivity index (χ4v) is 6.80. The quantitative estimate of drug-likeness (QED) is 0.737. The van der Waals surface area contributed by atoms with E-state index in [2.05, 4.69) is 4.99 Å². The molecule has 2 fully saturated rings. The minimum absolute atomic E-state index is 0.0469. The molecule has 118 valence electrons. The van der Waals surface area contributed by atoms with Crippen molar-refractivity contribution in [2.75, 3.05) is 22.3 Å². The highest BCUT2D eigenvalue weighted by atomic mass is 35.5. The maximum absolute atomic E-state index is 11.9. The molecule has 3 rings (SSSR count). The molecule has 2 aliphatic heterocycles. The zero-order valence-electron chi connectivity index (χ0n) is 11.3. The molecule has 0 saturated carbocycles. The van der Waals surface area contributed by atoms with E-state index in [1.807, 2.05) is 6.07 Å². The summed E-state index contributed by atoms with van der Waals surface area (Å²) in [6.07, 6.45) is 0. The molecule has 0 aliphatic carbocycles. The number of amides is 1. The van der Waals surface area contributed by atoms with E-state index in [1.54, 1.807) is 23.1 Å². The number of carbonyl (C=O) groups excluding carboxylic acids is 1. The van der Waals surface area contributed by atoms with Gasteiger partial charge in [-0.3, -0.25) is 4.79 Å². The van der Waals surface area contributed by atoms with Gasteiger partial charge in [0.15, 0.2) is 15.0 Å². The van der Waals surface area contributed by atoms with Crippen LogP contribution in [0.5, 0.6) is 0 Å². The topological polar surface area (TPSA) is 66.8 Å². The van der Waals surface area contributed by atoms with Crippen LogP contribution in [-0.4, -0.2) is 48.2 Å². The average molecular weight is 379 g/mol. The Labute approximate surface area is 142 Å². The molecule has 22 heavy (non-hydrogen) atoms. The van der Waals surface area contributed by atoms with E-state index in [1.165, 1.54) is 11.8 Å². The zero-order valence-corrected chi connectivity index (χ0v) is 14.4. The lowest BCUT2D eigenvalue weighted by Gasteiger charge is -2.24. The Morgan fingerprint density at radius 2 is 2.18 bits per heavy atom. The van der Waals surface area contributed by atoms with Gasteiger partial charge in [-0.2, -0.15) is 4.99 Å². The number of halogens is 2. The van der Waals surface area contributed by atoms with Crippen LogP contribution in [0.25, 0.3) is 0 Å². The first-order valence-corrected chi connectivity index (χ1v) is 10.1. The minimum atomic E-state index is -3.08. The van der Waals surface area contributed by atoms with Crippen LogP contribution in [0.4, 0.5) is 5.69 Å². The molecule has 0 radical (unpaired) electrons. The smallest absolute Gasteiger partial charge is 0.262 e. The Hall–Kier alpha value is -0.760. The van der Waals surface area contributed by atoms with Gasteiger partial charge in [-0.25, -0.2) is 8.42 Å². The first-order valence-electron chi connectivity index (χ1n) is 6.49. The molecule has 1 aromatic rings. The molecule has 0 spiro atoms. The third-order valence-corrected chi connectivity index (χ3v) is 7.16. The minimum Gasteiger partial charge on any atom is -0.316 e. The van der Waals surface area contributed by atoms with Crippen molar-refractivity contribution in [1.82, 2.24) is 0 Å². The van der Waals surface area contributed by atoms with Gasteiger partial charge < -0.3 is 4.90 Å². The van der Waals surface area contributed by atoms with E-state index in [4.69, 9.17) is 23.2 Å². The number of rotatable bonds is 2. The maximum Gasteiger partial charge on any atom is 0.262 e. The number of nitrogens with zero attached hydrogens (tertiary/aromatic N) is 2. The molecule has 2 heterocycles. The molecule has 9 heteroatoms. The normalized spacial score (nSPS) is 28.1. The van der Waals surface area contributed by atoms with Crippen LogP contribution < -0.4 is 4.90 Å². The van der Waals surface area contributed by atoms with E-state index in [0.29, 0.717) is 10.2 Å². The summed E-state index contributed by atoms with van der Waals surface area (Å²) in [5.74, 6) is -0.515. The highest BCUT2D eigenvalue weighted by molar-refractivity contribution is 8.16. The van der Waals surface area contributed by atoms with E-state index in [9.17, 15) is 13.2 Å². The number of thioether (sulfide) groups is 1. The molecule has 0 unspecified atom stereocenters. The number of sulfone groups is 1. The molecule has 0 bridgehead atoms. The lowest BCUT2D eigenvalue weighted by atomic mass is 10.2. The van der Waals surface area contributed by atoms with E-state index < -0.39 is 15.7 Å². The largest absolute Gasteiger partial charge is 0.316 e. The van der Waals surface area contributed by atoms with Crippen molar-refractivity contribution in [3.63, 3.8) is 0 Å². The lowest BCUT2D eigenvalue weighted by molar-refractivity contribution is -0.115. The van der Waals surface area contributed by atoms with Gasteiger partial charge in [-0.15, -0.1) is 11.6 Å². The van der Waals surface area contributed by atoms with E-state index in [0.717, 1.165) is 5.69 Å². The Bertz CT molecular complexity index is 751. The highest BCUT2D eigenvalue weighted by Gasteiger charge is 2.49. The number of alkyl halides is 1. The third-order valence-electron chi connectivity index (χ3n) is 3.49. The summed E-state index contributed by atoms with van der Waals surface area (Å²) >= 11 is 12.8. The number of benzene rings is 1. The number of fused-ring (bicyclic) bond motifs is 1. The van der Waals surface area contributed by atoms with Crippen molar-refractivity contribution < 1.29 is 13.2 Å². The van der Waals surface area contributed by atoms with Gasteiger partial charge in [0.1, 0.15) is 5.88 Å². The van der Waals surface area contributed by atoms with Crippen molar-refractivity contribution >= 4 is 61.6 Å². The Morgan fingerprint density at radius 3 is 2.86 bits per heavy atom. The molecular weight excluding hydrogens is 367 g/mol. The van der Waals surface area contributed by atoms with Gasteiger partial charge in [-0.05, 0) is 18.2 Å². The van der Waals surface area contributed by atoms with Crippen LogP contribution in [0.2, 0.25) is 5.02 Å². The fraction of sp³-hybridized carbons (Fsp3) is 0.385. The van der Waals surface area contributed by atoms with Crippen molar-refractivity contribution in [1.29, 1.82) is 0 Å². The molecule has 1 aromatic carbocycles. The molecule has 2 saturated heterocycles. The number of hydrogen-bond acceptors (Lipinski definition) is 4. The van der Waals surface area contributed by atoms with Crippen LogP contribution in [0.15, 0.2) is 29.3 Å². The third kappa shape index (κ3) is 3.13. The van der Waals surface area contributed by atoms with Crippen LogP contribution in [0.3, 0.4) is 0 Å². The van der Waals surface area contributed by atoms with Crippen molar-refractivity contribution in [3.05, 3.63) is 29.3 Å². The van der Waals surface area contributed by atoms with Gasteiger partial charge >= 0.3 is 0 Å². The zero-order chi connectivity index (χ0) is 15.9. The van der Waals surface area contributed by atoms with E-state index in [-0.39, 0.29) is 28.7 Å². The second-order valence-electron chi connectivity index (χ2n) is 5.07. The van der Waals surface area contributed by atoms with Gasteiger partial charge in [0, 0.05) is 16.0 Å². The lowest BCUT2D eigenvalue weighted by Crippen LogP contribution is -2.37. The molecule has 0 aromatic heterocycles. The van der Waals surface area contributed by atoms with Crippen molar-refractivity contribution in [3.8, 4) is 0 Å². The van der Waals surface area contributed by atoms with Gasteiger partial charge in [0.2, 0.25) is 0 Å². The van der Waals surface area contributed by atoms with Crippen molar-refractivity contribution in [2.45, 2.75) is 11.3 Å². The van der Waals surface area contributed by atoms with E-state index >= 15 is 0 Å². The Balaban J connectivity index is 2.03. The summed E-state index contributed by atoms with van der Waals surface area (Å²) in [5.41, 5.74) is 0.728. The summed E-state index contributed by atoms with van der Waals surface area (Å²) in [6, 6.07) is 6.82. The Morgan fingerprint density at radius 1 is 1.41 bits per heavy atom. The summed E-state index contributed by atoms with van der Waals surface area (Å²) in [6.45, 7) is 0. The molecule has 0 N–H and O–H groups in total. The SMILES string of the molecule is O=C(CCl)N=C1S[C@H]2CS(=O)(=O)C[C@H]2N1c1cccc(Cl)c1. The second kappa shape index (κ2) is 6.03. The van der Waals surface area contributed by atoms with Crippen LogP contribution in [0.1, 0.15) is 0 Å². The predicted octanol–water partition coefficient (Wildman–Crippen LogP) is 2.18. The number of hydrogen-bond donors (Lipinski definition) is 0. The first kappa shape index (κ1) is 16.1. The summed E-state index contributed by atoms with van der Waals surface area (Å²) in [5, 5.41) is 0.887. The number of carbonyl (C=O) groups is 1. The van der Waals surface area contributed by atoms with Crippen LogP contribution in [-0.2, 0) is 14.6 Å². The second-order valence-corrected chi connectivity index (χ2v) is 9.14.